The Kier molecular flexibility index (Phi) is 5.52. The quantitative estimate of drug-likeness (QED) is 0.756. The molecular weight excluding hydrogens is 334 g/mol. The smallest absolute Gasteiger partial charge is 0.349 e. The van der Waals surface area contributed by atoms with Crippen LogP contribution in [0.4, 0.5) is 0 Å². The highest BCUT2D eigenvalue weighted by Crippen LogP contribution is 2.32. The molecule has 0 spiro atoms. The normalized spacial score (nSPS) is 27.5. The Morgan fingerprint density at radius 3 is 2.56 bits per heavy atom. The number of rotatable bonds is 3. The number of esters is 1. The number of carbonyl (C=O) groups is 2. The molecule has 1 aliphatic carbocycles. The van der Waals surface area contributed by atoms with E-state index in [1.165, 1.54) is 28.2 Å². The van der Waals surface area contributed by atoms with Crippen molar-refractivity contribution in [3.8, 4) is 0 Å². The third-order valence-corrected chi connectivity index (χ3v) is 6.83. The maximum atomic E-state index is 12.8. The highest BCUT2D eigenvalue weighted by molar-refractivity contribution is 7.14. The van der Waals surface area contributed by atoms with E-state index >= 15 is 0 Å². The number of aryl methyl sites for hydroxylation is 1. The van der Waals surface area contributed by atoms with Gasteiger partial charge in [-0.25, -0.2) is 4.79 Å². The van der Waals surface area contributed by atoms with E-state index in [0.29, 0.717) is 10.8 Å². The van der Waals surface area contributed by atoms with Gasteiger partial charge in [-0.2, -0.15) is 0 Å². The Balaban J connectivity index is 1.65. The van der Waals surface area contributed by atoms with Crippen LogP contribution in [0.1, 0.15) is 73.5 Å². The lowest BCUT2D eigenvalue weighted by molar-refractivity contribution is -0.146. The summed E-state index contributed by atoms with van der Waals surface area (Å²) in [6, 6.07) is 2.40. The van der Waals surface area contributed by atoms with Gasteiger partial charge < -0.3 is 9.64 Å². The summed E-state index contributed by atoms with van der Waals surface area (Å²) >= 11 is 1.54. The molecule has 4 nitrogen and oxygen atoms in total. The molecule has 0 aromatic carbocycles. The van der Waals surface area contributed by atoms with E-state index in [9.17, 15) is 9.59 Å². The molecule has 1 aromatic heterocycles. The summed E-state index contributed by atoms with van der Waals surface area (Å²) in [6.45, 7) is 8.11. The Labute approximate surface area is 154 Å². The topological polar surface area (TPSA) is 46.6 Å². The van der Waals surface area contributed by atoms with E-state index < -0.39 is 6.10 Å². The maximum absolute atomic E-state index is 12.8. The molecular formula is C20H29NO3S. The minimum absolute atomic E-state index is 0.0667. The fourth-order valence-electron chi connectivity index (χ4n) is 4.14. The van der Waals surface area contributed by atoms with E-state index in [2.05, 4.69) is 20.8 Å². The second kappa shape index (κ2) is 7.48. The number of thiophene rings is 1. The van der Waals surface area contributed by atoms with Crippen LogP contribution in [0, 0.1) is 5.92 Å². The van der Waals surface area contributed by atoms with Crippen molar-refractivity contribution in [2.24, 2.45) is 5.92 Å². The van der Waals surface area contributed by atoms with Gasteiger partial charge in [-0.1, -0.05) is 6.92 Å². The van der Waals surface area contributed by atoms with Gasteiger partial charge in [0.2, 0.25) is 0 Å². The predicted molar refractivity (Wildman–Crippen MR) is 100 cm³/mol. The maximum Gasteiger partial charge on any atom is 0.349 e. The Morgan fingerprint density at radius 1 is 1.20 bits per heavy atom. The zero-order valence-corrected chi connectivity index (χ0v) is 16.5. The number of piperidine rings is 1. The molecule has 0 unspecified atom stereocenters. The number of hydrogen-bond donors (Lipinski definition) is 0. The zero-order valence-electron chi connectivity index (χ0n) is 15.7. The highest BCUT2D eigenvalue weighted by Gasteiger charge is 2.33. The summed E-state index contributed by atoms with van der Waals surface area (Å²) in [5, 5.41) is 0. The average molecular weight is 364 g/mol. The fourth-order valence-corrected chi connectivity index (χ4v) is 5.23. The number of likely N-dealkylation sites (tertiary alicyclic amines) is 1. The van der Waals surface area contributed by atoms with Crippen LogP contribution >= 0.6 is 11.3 Å². The molecule has 2 aliphatic rings. The summed E-state index contributed by atoms with van der Waals surface area (Å²) in [4.78, 5) is 29.1. The van der Waals surface area contributed by atoms with Gasteiger partial charge in [-0.15, -0.1) is 11.3 Å². The lowest BCUT2D eigenvalue weighted by atomic mass is 9.90. The van der Waals surface area contributed by atoms with Crippen molar-refractivity contribution in [3.05, 3.63) is 21.4 Å². The molecule has 1 aromatic rings. The van der Waals surface area contributed by atoms with E-state index in [-0.39, 0.29) is 24.0 Å². The van der Waals surface area contributed by atoms with Gasteiger partial charge in [0.15, 0.2) is 6.10 Å². The monoisotopic (exact) mass is 363 g/mol. The van der Waals surface area contributed by atoms with E-state index in [0.717, 1.165) is 32.1 Å². The fraction of sp³-hybridized carbons (Fsp3) is 0.700. The third-order valence-electron chi connectivity index (χ3n) is 5.61. The van der Waals surface area contributed by atoms with E-state index in [1.54, 1.807) is 6.92 Å². The lowest BCUT2D eigenvalue weighted by Crippen LogP contribution is -2.51. The number of ether oxygens (including phenoxy) is 1. The van der Waals surface area contributed by atoms with Crippen molar-refractivity contribution in [3.63, 3.8) is 0 Å². The predicted octanol–water partition coefficient (Wildman–Crippen LogP) is 4.21. The number of fused-ring (bicyclic) bond motifs is 1. The van der Waals surface area contributed by atoms with Crippen molar-refractivity contribution >= 4 is 23.2 Å². The second-order valence-corrected chi connectivity index (χ2v) is 8.97. The number of carbonyl (C=O) groups excluding carboxylic acids is 2. The zero-order chi connectivity index (χ0) is 18.1. The minimum atomic E-state index is -0.728. The van der Waals surface area contributed by atoms with Gasteiger partial charge in [0.05, 0.1) is 0 Å². The molecule has 1 fully saturated rings. The molecule has 1 amide bonds. The summed E-state index contributed by atoms with van der Waals surface area (Å²) in [5.74, 6) is 0.252. The lowest BCUT2D eigenvalue weighted by Gasteiger charge is -2.40. The van der Waals surface area contributed by atoms with Crippen LogP contribution in [0.2, 0.25) is 0 Å². The third kappa shape index (κ3) is 3.91. The van der Waals surface area contributed by atoms with Crippen LogP contribution in [0.3, 0.4) is 0 Å². The average Bonchev–Trinajstić information content (AvgIpc) is 2.97. The van der Waals surface area contributed by atoms with Crippen molar-refractivity contribution < 1.29 is 14.3 Å². The molecule has 3 rings (SSSR count). The second-order valence-electron chi connectivity index (χ2n) is 7.83. The van der Waals surface area contributed by atoms with Crippen molar-refractivity contribution in [1.82, 2.24) is 4.90 Å². The molecule has 25 heavy (non-hydrogen) atoms. The van der Waals surface area contributed by atoms with Crippen LogP contribution < -0.4 is 0 Å². The van der Waals surface area contributed by atoms with E-state index in [4.69, 9.17) is 4.74 Å². The molecule has 0 bridgehead atoms. The van der Waals surface area contributed by atoms with Crippen LogP contribution in [-0.4, -0.2) is 35.0 Å². The molecule has 0 radical (unpaired) electrons. The van der Waals surface area contributed by atoms with Crippen LogP contribution in [0.15, 0.2) is 6.07 Å². The summed E-state index contributed by atoms with van der Waals surface area (Å²) in [5.41, 5.74) is 1.29. The molecule has 2 heterocycles. The number of amides is 1. The van der Waals surface area contributed by atoms with Gasteiger partial charge in [0, 0.05) is 17.0 Å². The Bertz CT molecular complexity index is 643. The van der Waals surface area contributed by atoms with Crippen LogP contribution in [-0.2, 0) is 22.4 Å². The molecule has 1 aliphatic heterocycles. The Morgan fingerprint density at radius 2 is 1.88 bits per heavy atom. The van der Waals surface area contributed by atoms with Crippen LogP contribution in [0.25, 0.3) is 0 Å². The first kappa shape index (κ1) is 18.4. The van der Waals surface area contributed by atoms with E-state index in [1.807, 2.05) is 11.0 Å². The first-order valence-corrected chi connectivity index (χ1v) is 10.3. The van der Waals surface area contributed by atoms with Crippen molar-refractivity contribution in [1.29, 1.82) is 0 Å². The molecule has 4 atom stereocenters. The highest BCUT2D eigenvalue weighted by atomic mass is 32.1. The van der Waals surface area contributed by atoms with Crippen molar-refractivity contribution in [2.45, 2.75) is 84.4 Å². The van der Waals surface area contributed by atoms with Gasteiger partial charge in [0.1, 0.15) is 4.88 Å². The molecule has 0 N–H and O–H groups in total. The van der Waals surface area contributed by atoms with Gasteiger partial charge in [0.25, 0.3) is 5.91 Å². The molecule has 0 saturated carbocycles. The standard InChI is InChI=1S/C20H29NO3S/c1-12-8-9-17-16(10-12)11-18(25-17)20(23)24-15(4)19(22)21-13(2)6-5-7-14(21)3/h11-15H,5-10H2,1-4H3/t12-,13-,14+,15-/m1/s1. The van der Waals surface area contributed by atoms with Gasteiger partial charge in [-0.3, -0.25) is 4.79 Å². The minimum Gasteiger partial charge on any atom is -0.448 e. The number of hydrogen-bond acceptors (Lipinski definition) is 4. The van der Waals surface area contributed by atoms with Gasteiger partial charge >= 0.3 is 5.97 Å². The largest absolute Gasteiger partial charge is 0.448 e. The SMILES string of the molecule is C[C@@H]1CCc2sc(C(=O)O[C@H](C)C(=O)N3[C@H](C)CCC[C@@H]3C)cc2C1. The Hall–Kier alpha value is -1.36. The summed E-state index contributed by atoms with van der Waals surface area (Å²) in [6.07, 6.45) is 5.73. The molecule has 1 saturated heterocycles. The molecule has 138 valence electrons. The first-order valence-electron chi connectivity index (χ1n) is 9.51. The van der Waals surface area contributed by atoms with Crippen molar-refractivity contribution in [2.75, 3.05) is 0 Å². The summed E-state index contributed by atoms with van der Waals surface area (Å²) in [7, 11) is 0. The van der Waals surface area contributed by atoms with Crippen LogP contribution in [0.5, 0.6) is 0 Å². The molecule has 5 heteroatoms. The number of nitrogens with zero attached hydrogens (tertiary/aromatic N) is 1. The summed E-state index contributed by atoms with van der Waals surface area (Å²) < 4.78 is 5.53. The van der Waals surface area contributed by atoms with Gasteiger partial charge in [-0.05, 0) is 76.8 Å². The first-order chi connectivity index (χ1) is 11.9.